The molecule has 0 radical (unpaired) electrons. The summed E-state index contributed by atoms with van der Waals surface area (Å²) in [5.41, 5.74) is 0. The minimum absolute atomic E-state index is 0. The molecule has 0 aliphatic heterocycles. The van der Waals surface area contributed by atoms with Crippen LogP contribution in [0.25, 0.3) is 0 Å². The van der Waals surface area contributed by atoms with Crippen molar-refractivity contribution in [2.24, 2.45) is 0 Å². The first-order chi connectivity index (χ1) is 1.00. The van der Waals surface area contributed by atoms with Crippen molar-refractivity contribution in [1.82, 2.24) is 24.6 Å². The summed E-state index contributed by atoms with van der Waals surface area (Å²) in [5.74, 6) is 0. The van der Waals surface area contributed by atoms with E-state index >= 15 is 0 Å². The van der Waals surface area contributed by atoms with Crippen LogP contribution in [0.2, 0.25) is 0 Å². The van der Waals surface area contributed by atoms with Gasteiger partial charge in [0.05, 0.1) is 0 Å². The van der Waals surface area contributed by atoms with Gasteiger partial charge in [-0.2, -0.15) is 0 Å². The van der Waals surface area contributed by atoms with Gasteiger partial charge < -0.3 is 24.6 Å². The van der Waals surface area contributed by atoms with E-state index in [2.05, 4.69) is 13.2 Å². The lowest BCUT2D eigenvalue weighted by Crippen LogP contribution is -0.552. The second-order valence-corrected chi connectivity index (χ2v) is 0. The maximum atomic E-state index is 3.00. The normalized spacial score (nSPS) is 0.667. The summed E-state index contributed by atoms with van der Waals surface area (Å²) in [7, 11) is 0. The molecule has 0 spiro atoms. The van der Waals surface area contributed by atoms with Crippen molar-refractivity contribution in [3.05, 3.63) is 13.2 Å². The molecule has 0 aromatic carbocycles. The lowest BCUT2D eigenvalue weighted by atomic mass is 11.3. The summed E-state index contributed by atoms with van der Waals surface area (Å²) < 4.78 is 0. The standard InChI is InChI=1S/C2H4.4H3N/c1-2;;;;/h1-2H2;4*1H3. The van der Waals surface area contributed by atoms with E-state index in [0.717, 1.165) is 0 Å². The quantitative estimate of drug-likeness (QED) is 0.338. The molecule has 0 rings (SSSR count). The molecule has 0 saturated carbocycles. The van der Waals surface area contributed by atoms with E-state index in [-0.39, 0.29) is 24.6 Å². The Morgan fingerprint density at radius 2 is 0.500 bits per heavy atom. The SMILES string of the molecule is C=C.N.N.N.N. The van der Waals surface area contributed by atoms with Crippen molar-refractivity contribution in [3.63, 3.8) is 0 Å². The lowest BCUT2D eigenvalue weighted by molar-refractivity contribution is 2.13. The highest BCUT2D eigenvalue weighted by atomic mass is 14.0. The lowest BCUT2D eigenvalue weighted by Gasteiger charge is -0.813. The first-order valence-electron chi connectivity index (χ1n) is 0.500. The molecule has 0 unspecified atom stereocenters. The minimum atomic E-state index is 0. The first-order valence-corrected chi connectivity index (χ1v) is 0.500. The summed E-state index contributed by atoms with van der Waals surface area (Å²) >= 11 is 0. The van der Waals surface area contributed by atoms with E-state index in [4.69, 9.17) is 0 Å². The Balaban J connectivity index is -0.000000000833. The van der Waals surface area contributed by atoms with E-state index in [1.54, 1.807) is 0 Å². The molecule has 0 bridgehead atoms. The third-order valence-corrected chi connectivity index (χ3v) is 0. The van der Waals surface area contributed by atoms with E-state index in [1.165, 1.54) is 0 Å². The molecular formula is C2H16N4. The molecule has 4 heteroatoms. The van der Waals surface area contributed by atoms with Crippen LogP contribution in [0.15, 0.2) is 13.2 Å². The van der Waals surface area contributed by atoms with Crippen LogP contribution in [0.1, 0.15) is 0 Å². The van der Waals surface area contributed by atoms with Gasteiger partial charge in [0.2, 0.25) is 0 Å². The Bertz CT molecular complexity index is 5.51. The molecule has 0 heterocycles. The van der Waals surface area contributed by atoms with Crippen molar-refractivity contribution in [2.75, 3.05) is 0 Å². The van der Waals surface area contributed by atoms with Gasteiger partial charge >= 0.3 is 0 Å². The molecule has 12 N–H and O–H groups in total. The fraction of sp³-hybridized carbons (Fsp3) is 0. The van der Waals surface area contributed by atoms with Crippen LogP contribution in [-0.2, 0) is 0 Å². The van der Waals surface area contributed by atoms with Gasteiger partial charge in [-0.3, -0.25) is 0 Å². The summed E-state index contributed by atoms with van der Waals surface area (Å²) in [4.78, 5) is 0. The van der Waals surface area contributed by atoms with Crippen LogP contribution < -0.4 is 24.6 Å². The fourth-order valence-corrected chi connectivity index (χ4v) is 0. The molecule has 0 aromatic rings. The minimum Gasteiger partial charge on any atom is -0.344 e. The first kappa shape index (κ1) is 348. The Kier molecular flexibility index (Phi) is 19300. The van der Waals surface area contributed by atoms with Crippen LogP contribution >= 0.6 is 0 Å². The van der Waals surface area contributed by atoms with Crippen LogP contribution in [0, 0.1) is 0 Å². The van der Waals surface area contributed by atoms with Gasteiger partial charge in [0.1, 0.15) is 0 Å². The smallest absolute Gasteiger partial charge is 0.106 e. The summed E-state index contributed by atoms with van der Waals surface area (Å²) in [5, 5.41) is 0. The van der Waals surface area contributed by atoms with E-state index in [9.17, 15) is 0 Å². The summed E-state index contributed by atoms with van der Waals surface area (Å²) in [6, 6.07) is 0. The van der Waals surface area contributed by atoms with Crippen molar-refractivity contribution in [3.8, 4) is 0 Å². The third-order valence-electron chi connectivity index (χ3n) is 0. The van der Waals surface area contributed by atoms with Gasteiger partial charge in [-0.15, -0.1) is 13.2 Å². The average molecular weight is 96.2 g/mol. The fourth-order valence-electron chi connectivity index (χ4n) is 0. The second kappa shape index (κ2) is 333. The maximum Gasteiger partial charge on any atom is -0.106 e. The average Bonchev–Trinajstić information content (AvgIpc) is 1.00. The van der Waals surface area contributed by atoms with Crippen LogP contribution in [0.4, 0.5) is 0 Å². The number of hydrogen-bond donors (Lipinski definition) is 4. The van der Waals surface area contributed by atoms with Gasteiger partial charge in [0, 0.05) is 0 Å². The predicted molar refractivity (Wildman–Crippen MR) is 31.3 cm³/mol. The highest BCUT2D eigenvalue weighted by molar-refractivity contribution is 4.22. The molecule has 44 valence electrons. The zero-order valence-corrected chi connectivity index (χ0v) is 4.24. The predicted octanol–water partition coefficient (Wildman–Crippen LogP) is 1.45. The van der Waals surface area contributed by atoms with E-state index in [1.807, 2.05) is 0 Å². The van der Waals surface area contributed by atoms with Crippen molar-refractivity contribution in [1.29, 1.82) is 0 Å². The van der Waals surface area contributed by atoms with Gasteiger partial charge in [0.25, 0.3) is 0 Å². The number of hydrogen-bond acceptors (Lipinski definition) is 4. The summed E-state index contributed by atoms with van der Waals surface area (Å²) in [6.45, 7) is 6.00. The molecular weight excluding hydrogens is 80.0 g/mol. The highest BCUT2D eigenvalue weighted by Crippen LogP contribution is 0.862. The van der Waals surface area contributed by atoms with Crippen LogP contribution in [0.3, 0.4) is 0 Å². The van der Waals surface area contributed by atoms with Gasteiger partial charge in [-0.1, -0.05) is 0 Å². The van der Waals surface area contributed by atoms with Gasteiger partial charge in [0.15, 0.2) is 0 Å². The molecule has 0 aromatic heterocycles. The molecule has 0 atom stereocenters. The van der Waals surface area contributed by atoms with E-state index < -0.39 is 0 Å². The Hall–Kier alpha value is -0.420. The Labute approximate surface area is 39.0 Å². The van der Waals surface area contributed by atoms with Crippen molar-refractivity contribution >= 4 is 0 Å². The van der Waals surface area contributed by atoms with Crippen LogP contribution in [0.5, 0.6) is 0 Å². The summed E-state index contributed by atoms with van der Waals surface area (Å²) in [6.07, 6.45) is 0. The Morgan fingerprint density at radius 3 is 0.500 bits per heavy atom. The maximum absolute atomic E-state index is 3.00. The van der Waals surface area contributed by atoms with Crippen molar-refractivity contribution in [2.45, 2.75) is 0 Å². The molecule has 4 nitrogen and oxygen atoms in total. The van der Waals surface area contributed by atoms with E-state index in [0.29, 0.717) is 0 Å². The van der Waals surface area contributed by atoms with Crippen LogP contribution in [-0.4, -0.2) is 0 Å². The molecule has 0 amide bonds. The monoisotopic (exact) mass is 96.1 g/mol. The number of rotatable bonds is 0. The van der Waals surface area contributed by atoms with Gasteiger partial charge in [-0.25, -0.2) is 0 Å². The zero-order chi connectivity index (χ0) is 2.00. The highest BCUT2D eigenvalue weighted by Gasteiger charge is 0.601. The molecule has 0 aliphatic carbocycles. The molecule has 0 fully saturated rings. The second-order valence-electron chi connectivity index (χ2n) is 0. The molecule has 6 heavy (non-hydrogen) atoms. The van der Waals surface area contributed by atoms with Crippen molar-refractivity contribution < 1.29 is 0 Å². The zero-order valence-electron chi connectivity index (χ0n) is 4.24. The van der Waals surface area contributed by atoms with Gasteiger partial charge in [-0.05, 0) is 0 Å². The topological polar surface area (TPSA) is 140 Å². The largest absolute Gasteiger partial charge is 0.344 e. The molecule has 0 aliphatic rings. The molecule has 0 saturated heterocycles. The third kappa shape index (κ3) is 135. The Morgan fingerprint density at radius 1 is 0.500 bits per heavy atom.